The second-order valence-electron chi connectivity index (χ2n) is 6.24. The summed E-state index contributed by atoms with van der Waals surface area (Å²) in [7, 11) is 0. The van der Waals surface area contributed by atoms with E-state index in [9.17, 15) is 10.4 Å². The summed E-state index contributed by atoms with van der Waals surface area (Å²) in [6.07, 6.45) is 0.541. The minimum absolute atomic E-state index is 0.0561. The fourth-order valence-corrected chi connectivity index (χ4v) is 4.47. The predicted molar refractivity (Wildman–Crippen MR) is 114 cm³/mol. The Hall–Kier alpha value is -3.15. The summed E-state index contributed by atoms with van der Waals surface area (Å²) < 4.78 is 6.65. The molecule has 8 heteroatoms. The Balaban J connectivity index is 1.52. The minimum Gasteiger partial charge on any atom is -0.510 e. The lowest BCUT2D eigenvalue weighted by Gasteiger charge is -2.08. The molecule has 0 aliphatic rings. The first kappa shape index (κ1) is 19.2. The summed E-state index contributed by atoms with van der Waals surface area (Å²) in [6, 6.07) is 19.6. The van der Waals surface area contributed by atoms with Crippen molar-refractivity contribution in [1.29, 1.82) is 5.26 Å². The number of nitrogens with zero attached hydrogens (tertiary/aromatic N) is 4. The summed E-state index contributed by atoms with van der Waals surface area (Å²) in [4.78, 5) is 4.46. The Labute approximate surface area is 175 Å². The van der Waals surface area contributed by atoms with Crippen molar-refractivity contribution in [3.05, 3.63) is 76.8 Å². The molecule has 4 aromatic rings. The first-order chi connectivity index (χ1) is 14.1. The van der Waals surface area contributed by atoms with Crippen molar-refractivity contribution in [2.24, 2.45) is 0 Å². The zero-order valence-corrected chi connectivity index (χ0v) is 17.1. The highest BCUT2D eigenvalue weighted by atomic mass is 32.2. The molecule has 1 N–H and O–H groups in total. The van der Waals surface area contributed by atoms with E-state index in [1.807, 2.05) is 54.6 Å². The molecule has 144 valence electrons. The van der Waals surface area contributed by atoms with E-state index in [1.165, 1.54) is 23.1 Å². The van der Waals surface area contributed by atoms with Crippen molar-refractivity contribution >= 4 is 38.9 Å². The molecular formula is C21H16N4O2S2. The predicted octanol–water partition coefficient (Wildman–Crippen LogP) is 5.24. The van der Waals surface area contributed by atoms with Gasteiger partial charge < -0.3 is 9.52 Å². The van der Waals surface area contributed by atoms with Crippen LogP contribution in [0.15, 0.2) is 70.0 Å². The van der Waals surface area contributed by atoms with E-state index in [0.29, 0.717) is 22.5 Å². The minimum atomic E-state index is -0.443. The molecule has 0 saturated heterocycles. The molecule has 0 fully saturated rings. The van der Waals surface area contributed by atoms with Gasteiger partial charge in [0, 0.05) is 0 Å². The third-order valence-corrected chi connectivity index (χ3v) is 6.18. The fraction of sp³-hybridized carbons (Fsp3) is 0.143. The summed E-state index contributed by atoms with van der Waals surface area (Å²) in [5.41, 5.74) is 2.04. The molecule has 0 amide bonds. The molecule has 0 aliphatic carbocycles. The van der Waals surface area contributed by atoms with Crippen LogP contribution in [0.2, 0.25) is 0 Å². The molecule has 0 bridgehead atoms. The molecule has 29 heavy (non-hydrogen) atoms. The van der Waals surface area contributed by atoms with Gasteiger partial charge in [-0.3, -0.25) is 0 Å². The average Bonchev–Trinajstić information content (AvgIpc) is 3.35. The topological polar surface area (TPSA) is 95.8 Å². The van der Waals surface area contributed by atoms with Crippen LogP contribution in [0.5, 0.6) is 0 Å². The van der Waals surface area contributed by atoms with Crippen molar-refractivity contribution in [3.63, 3.8) is 0 Å². The van der Waals surface area contributed by atoms with E-state index in [2.05, 4.69) is 21.3 Å². The highest BCUT2D eigenvalue weighted by Gasteiger charge is 2.21. The summed E-state index contributed by atoms with van der Waals surface area (Å²) in [5.74, 6) is 0.445. The second kappa shape index (κ2) is 8.47. The Bertz CT molecular complexity index is 1180. The molecule has 0 aliphatic heterocycles. The van der Waals surface area contributed by atoms with Crippen LogP contribution in [-0.4, -0.2) is 25.5 Å². The number of para-hydroxylation sites is 1. The van der Waals surface area contributed by atoms with E-state index in [0.717, 1.165) is 15.8 Å². The standard InChI is InChI=1S/C21H16N4O2S2/c1-13(28-21-25-24-18(27-21)11-14-7-3-2-4-8-14)19(26)15(12-22)20-23-16-9-5-6-10-17(16)29-20/h2-10,13,26H,11H2,1H3/b19-15-. The van der Waals surface area contributed by atoms with E-state index in [4.69, 9.17) is 4.42 Å². The Morgan fingerprint density at radius 1 is 1.17 bits per heavy atom. The number of rotatable bonds is 6. The molecule has 4 rings (SSSR count). The number of thioether (sulfide) groups is 1. The number of aliphatic hydroxyl groups excluding tert-OH is 1. The van der Waals surface area contributed by atoms with Gasteiger partial charge in [-0.15, -0.1) is 21.5 Å². The summed E-state index contributed by atoms with van der Waals surface area (Å²) in [5, 5.41) is 28.8. The summed E-state index contributed by atoms with van der Waals surface area (Å²) >= 11 is 2.58. The molecule has 1 atom stereocenters. The van der Waals surface area contributed by atoms with Gasteiger partial charge in [0.25, 0.3) is 5.22 Å². The molecule has 2 aromatic carbocycles. The van der Waals surface area contributed by atoms with E-state index in [1.54, 1.807) is 6.92 Å². The Morgan fingerprint density at radius 3 is 2.69 bits per heavy atom. The highest BCUT2D eigenvalue weighted by Crippen LogP contribution is 2.33. The first-order valence-corrected chi connectivity index (χ1v) is 10.6. The molecule has 0 saturated carbocycles. The number of hydrogen-bond donors (Lipinski definition) is 1. The fourth-order valence-electron chi connectivity index (χ4n) is 2.73. The van der Waals surface area contributed by atoms with Gasteiger partial charge in [-0.25, -0.2) is 4.98 Å². The van der Waals surface area contributed by atoms with Crippen LogP contribution in [0.3, 0.4) is 0 Å². The van der Waals surface area contributed by atoms with Crippen molar-refractivity contribution in [1.82, 2.24) is 15.2 Å². The van der Waals surface area contributed by atoms with Crippen molar-refractivity contribution in [2.75, 3.05) is 0 Å². The van der Waals surface area contributed by atoms with Gasteiger partial charge in [-0.2, -0.15) is 5.26 Å². The molecule has 0 radical (unpaired) electrons. The van der Waals surface area contributed by atoms with Crippen LogP contribution < -0.4 is 0 Å². The molecule has 2 heterocycles. The van der Waals surface area contributed by atoms with Gasteiger partial charge in [0.2, 0.25) is 5.89 Å². The maximum atomic E-state index is 10.7. The number of aliphatic hydroxyl groups is 1. The van der Waals surface area contributed by atoms with E-state index >= 15 is 0 Å². The van der Waals surface area contributed by atoms with Crippen LogP contribution in [0.1, 0.15) is 23.4 Å². The van der Waals surface area contributed by atoms with Crippen LogP contribution in [0.25, 0.3) is 15.8 Å². The lowest BCUT2D eigenvalue weighted by molar-refractivity contribution is 0.396. The summed E-state index contributed by atoms with van der Waals surface area (Å²) in [6.45, 7) is 1.78. The zero-order valence-electron chi connectivity index (χ0n) is 15.4. The SMILES string of the molecule is CC(Sc1nnc(Cc2ccccc2)o1)/C(O)=C(\C#N)c1nc2ccccc2s1. The Kier molecular flexibility index (Phi) is 5.60. The van der Waals surface area contributed by atoms with E-state index in [-0.39, 0.29) is 11.3 Å². The van der Waals surface area contributed by atoms with Crippen molar-refractivity contribution in [3.8, 4) is 6.07 Å². The number of fused-ring (bicyclic) bond motifs is 1. The van der Waals surface area contributed by atoms with Crippen LogP contribution in [0.4, 0.5) is 0 Å². The van der Waals surface area contributed by atoms with Gasteiger partial charge in [-0.05, 0) is 24.6 Å². The van der Waals surface area contributed by atoms with Gasteiger partial charge >= 0.3 is 0 Å². The molecule has 2 aromatic heterocycles. The normalized spacial score (nSPS) is 13.1. The maximum absolute atomic E-state index is 10.7. The van der Waals surface area contributed by atoms with E-state index < -0.39 is 5.25 Å². The Morgan fingerprint density at radius 2 is 1.93 bits per heavy atom. The maximum Gasteiger partial charge on any atom is 0.277 e. The number of allylic oxidation sites excluding steroid dienone is 1. The van der Waals surface area contributed by atoms with Crippen molar-refractivity contribution < 1.29 is 9.52 Å². The quantitative estimate of drug-likeness (QED) is 0.259. The first-order valence-electron chi connectivity index (χ1n) is 8.86. The third kappa shape index (κ3) is 4.31. The number of thiazole rings is 1. The van der Waals surface area contributed by atoms with Gasteiger partial charge in [-0.1, -0.05) is 54.2 Å². The number of nitriles is 1. The monoisotopic (exact) mass is 420 g/mol. The molecule has 1 unspecified atom stereocenters. The van der Waals surface area contributed by atoms with Gasteiger partial charge in [0.15, 0.2) is 0 Å². The highest BCUT2D eigenvalue weighted by molar-refractivity contribution is 7.99. The number of aromatic nitrogens is 3. The largest absolute Gasteiger partial charge is 0.510 e. The number of hydrogen-bond acceptors (Lipinski definition) is 8. The molecular weight excluding hydrogens is 404 g/mol. The molecule has 0 spiro atoms. The average molecular weight is 421 g/mol. The third-order valence-electron chi connectivity index (χ3n) is 4.18. The number of benzene rings is 2. The van der Waals surface area contributed by atoms with Gasteiger partial charge in [0.1, 0.15) is 22.4 Å². The zero-order chi connectivity index (χ0) is 20.2. The smallest absolute Gasteiger partial charge is 0.277 e. The van der Waals surface area contributed by atoms with Crippen LogP contribution in [-0.2, 0) is 6.42 Å². The van der Waals surface area contributed by atoms with Crippen LogP contribution in [0, 0.1) is 11.3 Å². The molecule has 6 nitrogen and oxygen atoms in total. The lowest BCUT2D eigenvalue weighted by Crippen LogP contribution is -2.04. The second-order valence-corrected chi connectivity index (χ2v) is 8.57. The van der Waals surface area contributed by atoms with Crippen LogP contribution >= 0.6 is 23.1 Å². The van der Waals surface area contributed by atoms with Crippen molar-refractivity contribution in [2.45, 2.75) is 23.8 Å². The van der Waals surface area contributed by atoms with Gasteiger partial charge in [0.05, 0.1) is 21.9 Å². The lowest BCUT2D eigenvalue weighted by atomic mass is 10.2.